The zero-order valence-corrected chi connectivity index (χ0v) is 13.4. The predicted octanol–water partition coefficient (Wildman–Crippen LogP) is 3.02. The molecule has 1 aliphatic heterocycles. The molecular formula is C16H19N3O2S. The molecule has 1 aromatic carbocycles. The van der Waals surface area contributed by atoms with E-state index in [-0.39, 0.29) is 0 Å². The van der Waals surface area contributed by atoms with Gasteiger partial charge in [0.25, 0.3) is 0 Å². The van der Waals surface area contributed by atoms with Gasteiger partial charge in [-0.1, -0.05) is 17.8 Å². The molecule has 1 atom stereocenters. The normalized spacial score (nSPS) is 17.6. The molecule has 2 aromatic rings. The zero-order chi connectivity index (χ0) is 15.4. The first-order valence-electron chi connectivity index (χ1n) is 7.24. The highest BCUT2D eigenvalue weighted by molar-refractivity contribution is 7.99. The van der Waals surface area contributed by atoms with Crippen LogP contribution in [0.4, 0.5) is 0 Å². The van der Waals surface area contributed by atoms with E-state index in [2.05, 4.69) is 21.3 Å². The first kappa shape index (κ1) is 15.1. The number of hydrogen-bond acceptors (Lipinski definition) is 5. The predicted molar refractivity (Wildman–Crippen MR) is 87.3 cm³/mol. The molecule has 0 N–H and O–H groups in total. The molecule has 1 saturated heterocycles. The monoisotopic (exact) mass is 317 g/mol. The van der Waals surface area contributed by atoms with Gasteiger partial charge >= 0.3 is 0 Å². The standard InChI is InChI=1S/C16H19N3O2S/c1-3-9-19-15(12-4-6-13(20-2)7-5-12)17-18-16(19)22-14-8-10-21-11-14/h3-7,14H,1,8-11H2,2H3/t14-/m0/s1. The van der Waals surface area contributed by atoms with E-state index >= 15 is 0 Å². The topological polar surface area (TPSA) is 49.2 Å². The van der Waals surface area contributed by atoms with Crippen LogP contribution in [0.15, 0.2) is 42.1 Å². The minimum absolute atomic E-state index is 0.455. The van der Waals surface area contributed by atoms with Gasteiger partial charge in [0.2, 0.25) is 0 Å². The fraction of sp³-hybridized carbons (Fsp3) is 0.375. The van der Waals surface area contributed by atoms with Crippen LogP contribution in [-0.2, 0) is 11.3 Å². The maximum absolute atomic E-state index is 5.43. The van der Waals surface area contributed by atoms with Crippen LogP contribution in [0.25, 0.3) is 11.4 Å². The summed E-state index contributed by atoms with van der Waals surface area (Å²) in [6, 6.07) is 7.85. The van der Waals surface area contributed by atoms with Crippen LogP contribution in [0, 0.1) is 0 Å². The van der Waals surface area contributed by atoms with Crippen molar-refractivity contribution in [2.24, 2.45) is 0 Å². The van der Waals surface area contributed by atoms with E-state index in [0.717, 1.165) is 41.9 Å². The Hall–Kier alpha value is -1.79. The maximum atomic E-state index is 5.43. The van der Waals surface area contributed by atoms with Crippen molar-refractivity contribution in [2.45, 2.75) is 23.4 Å². The third-order valence-corrected chi connectivity index (χ3v) is 4.75. The molecular weight excluding hydrogens is 298 g/mol. The molecule has 6 heteroatoms. The van der Waals surface area contributed by atoms with Crippen molar-refractivity contribution in [3.63, 3.8) is 0 Å². The summed E-state index contributed by atoms with van der Waals surface area (Å²) in [5, 5.41) is 10.1. The lowest BCUT2D eigenvalue weighted by atomic mass is 10.2. The van der Waals surface area contributed by atoms with Gasteiger partial charge in [-0.25, -0.2) is 0 Å². The van der Waals surface area contributed by atoms with Gasteiger partial charge in [-0.15, -0.1) is 16.8 Å². The molecule has 22 heavy (non-hydrogen) atoms. The van der Waals surface area contributed by atoms with Crippen LogP contribution in [0.3, 0.4) is 0 Å². The Morgan fingerprint density at radius 3 is 2.86 bits per heavy atom. The number of thioether (sulfide) groups is 1. The smallest absolute Gasteiger partial charge is 0.192 e. The number of rotatable bonds is 6. The second kappa shape index (κ2) is 6.98. The summed E-state index contributed by atoms with van der Waals surface area (Å²) in [7, 11) is 1.66. The average Bonchev–Trinajstić information content (AvgIpc) is 3.19. The van der Waals surface area contributed by atoms with Crippen molar-refractivity contribution >= 4 is 11.8 Å². The Morgan fingerprint density at radius 1 is 1.41 bits per heavy atom. The number of benzene rings is 1. The Kier molecular flexibility index (Phi) is 4.80. The minimum atomic E-state index is 0.455. The highest BCUT2D eigenvalue weighted by Crippen LogP contribution is 2.30. The number of methoxy groups -OCH3 is 1. The van der Waals surface area contributed by atoms with Gasteiger partial charge in [-0.3, -0.25) is 4.57 Å². The van der Waals surface area contributed by atoms with E-state index in [4.69, 9.17) is 9.47 Å². The van der Waals surface area contributed by atoms with Crippen molar-refractivity contribution in [1.82, 2.24) is 14.8 Å². The summed E-state index contributed by atoms with van der Waals surface area (Å²) in [5.74, 6) is 1.68. The van der Waals surface area contributed by atoms with E-state index in [9.17, 15) is 0 Å². The lowest BCUT2D eigenvalue weighted by Gasteiger charge is -2.10. The van der Waals surface area contributed by atoms with Crippen LogP contribution in [0.1, 0.15) is 6.42 Å². The Morgan fingerprint density at radius 2 is 2.23 bits per heavy atom. The quantitative estimate of drug-likeness (QED) is 0.767. The van der Waals surface area contributed by atoms with E-state index in [1.54, 1.807) is 18.9 Å². The van der Waals surface area contributed by atoms with Gasteiger partial charge in [0, 0.05) is 24.0 Å². The molecule has 1 aromatic heterocycles. The molecule has 3 rings (SSSR count). The molecule has 0 amide bonds. The summed E-state index contributed by atoms with van der Waals surface area (Å²) in [4.78, 5) is 0. The third-order valence-electron chi connectivity index (χ3n) is 3.54. The van der Waals surface area contributed by atoms with Gasteiger partial charge in [-0.05, 0) is 30.7 Å². The van der Waals surface area contributed by atoms with Crippen molar-refractivity contribution in [1.29, 1.82) is 0 Å². The molecule has 0 radical (unpaired) electrons. The number of nitrogens with zero attached hydrogens (tertiary/aromatic N) is 3. The van der Waals surface area contributed by atoms with Crippen LogP contribution in [0.5, 0.6) is 5.75 Å². The molecule has 0 spiro atoms. The van der Waals surface area contributed by atoms with Crippen LogP contribution in [0.2, 0.25) is 0 Å². The van der Waals surface area contributed by atoms with Gasteiger partial charge in [-0.2, -0.15) is 0 Å². The fourth-order valence-electron chi connectivity index (χ4n) is 2.38. The molecule has 1 aliphatic rings. The lowest BCUT2D eigenvalue weighted by Crippen LogP contribution is -2.06. The van der Waals surface area contributed by atoms with Gasteiger partial charge in [0.05, 0.1) is 13.7 Å². The van der Waals surface area contributed by atoms with Gasteiger partial charge in [0.1, 0.15) is 5.75 Å². The molecule has 116 valence electrons. The highest BCUT2D eigenvalue weighted by Gasteiger charge is 2.21. The van der Waals surface area contributed by atoms with Crippen LogP contribution < -0.4 is 4.74 Å². The van der Waals surface area contributed by atoms with E-state index in [1.165, 1.54) is 0 Å². The first-order valence-corrected chi connectivity index (χ1v) is 8.12. The second-order valence-corrected chi connectivity index (χ2v) is 6.30. The van der Waals surface area contributed by atoms with Crippen molar-refractivity contribution < 1.29 is 9.47 Å². The van der Waals surface area contributed by atoms with Crippen molar-refractivity contribution in [2.75, 3.05) is 20.3 Å². The van der Waals surface area contributed by atoms with E-state index < -0.39 is 0 Å². The average molecular weight is 317 g/mol. The van der Waals surface area contributed by atoms with Crippen molar-refractivity contribution in [3.05, 3.63) is 36.9 Å². The van der Waals surface area contributed by atoms with Gasteiger partial charge in [0.15, 0.2) is 11.0 Å². The maximum Gasteiger partial charge on any atom is 0.192 e. The fourth-order valence-corrected chi connectivity index (χ4v) is 3.43. The number of aromatic nitrogens is 3. The zero-order valence-electron chi connectivity index (χ0n) is 12.6. The van der Waals surface area contributed by atoms with Crippen LogP contribution in [-0.4, -0.2) is 40.3 Å². The SMILES string of the molecule is C=CCn1c(S[C@H]2CCOC2)nnc1-c1ccc(OC)cc1. The molecule has 1 fully saturated rings. The summed E-state index contributed by atoms with van der Waals surface area (Å²) < 4.78 is 12.7. The Balaban J connectivity index is 1.89. The van der Waals surface area contributed by atoms with Crippen molar-refractivity contribution in [3.8, 4) is 17.1 Å². The largest absolute Gasteiger partial charge is 0.497 e. The molecule has 0 bridgehead atoms. The summed E-state index contributed by atoms with van der Waals surface area (Å²) >= 11 is 1.73. The molecule has 5 nitrogen and oxygen atoms in total. The lowest BCUT2D eigenvalue weighted by molar-refractivity contribution is 0.199. The minimum Gasteiger partial charge on any atom is -0.497 e. The van der Waals surface area contributed by atoms with E-state index in [0.29, 0.717) is 11.8 Å². The third kappa shape index (κ3) is 3.18. The molecule has 0 aliphatic carbocycles. The molecule has 2 heterocycles. The van der Waals surface area contributed by atoms with Crippen LogP contribution >= 0.6 is 11.8 Å². The first-order chi connectivity index (χ1) is 10.8. The second-order valence-electron chi connectivity index (χ2n) is 5.04. The summed E-state index contributed by atoms with van der Waals surface area (Å²) in [6.45, 7) is 6.14. The molecule has 0 saturated carbocycles. The highest BCUT2D eigenvalue weighted by atomic mass is 32.2. The van der Waals surface area contributed by atoms with Gasteiger partial charge < -0.3 is 9.47 Å². The van der Waals surface area contributed by atoms with E-state index in [1.807, 2.05) is 30.3 Å². The summed E-state index contributed by atoms with van der Waals surface area (Å²) in [6.07, 6.45) is 2.93. The Labute approximate surface area is 134 Å². The summed E-state index contributed by atoms with van der Waals surface area (Å²) in [5.41, 5.74) is 1.02. The number of allylic oxidation sites excluding steroid dienone is 1. The molecule has 0 unspecified atom stereocenters. The Bertz CT molecular complexity index is 633. The number of ether oxygens (including phenoxy) is 2. The number of hydrogen-bond donors (Lipinski definition) is 0.